The number of nitrogens with zero attached hydrogens (tertiary/aromatic N) is 1. The van der Waals surface area contributed by atoms with Crippen LogP contribution < -0.4 is 5.32 Å². The van der Waals surface area contributed by atoms with E-state index >= 15 is 0 Å². The van der Waals surface area contributed by atoms with Gasteiger partial charge in [-0.3, -0.25) is 10.1 Å². The molecule has 1 spiro atoms. The van der Waals surface area contributed by atoms with Crippen LogP contribution in [-0.2, 0) is 4.79 Å². The van der Waals surface area contributed by atoms with E-state index in [4.69, 9.17) is 0 Å². The Kier molecular flexibility index (Phi) is 2.81. The maximum Gasteiger partial charge on any atom is 0.244 e. The highest BCUT2D eigenvalue weighted by molar-refractivity contribution is 7.07. The number of hydrogen-bond donors (Lipinski definition) is 1. The van der Waals surface area contributed by atoms with E-state index in [1.54, 1.807) is 11.3 Å². The van der Waals surface area contributed by atoms with Gasteiger partial charge in [0, 0.05) is 6.04 Å². The number of hydrogen-bond acceptors (Lipinski definition) is 3. The Morgan fingerprint density at radius 2 is 2.16 bits per heavy atom. The molecule has 1 aliphatic carbocycles. The number of nitrogens with one attached hydrogen (secondary N) is 1. The van der Waals surface area contributed by atoms with E-state index in [0.717, 1.165) is 12.8 Å². The standard InChI is InChI=1S/C15H22N2OS/c1-10(14(2,3)4)17-12(11-5-8-19-9-11)16-15(6-7-15)13(17)18/h5,8-10,12,16H,6-7H2,1-4H3. The van der Waals surface area contributed by atoms with Crippen molar-refractivity contribution in [3.63, 3.8) is 0 Å². The molecule has 2 atom stereocenters. The van der Waals surface area contributed by atoms with Crippen molar-refractivity contribution in [1.82, 2.24) is 10.2 Å². The predicted octanol–water partition coefficient (Wildman–Crippen LogP) is 3.15. The van der Waals surface area contributed by atoms with Gasteiger partial charge >= 0.3 is 0 Å². The maximum absolute atomic E-state index is 12.8. The largest absolute Gasteiger partial charge is 0.318 e. The number of amides is 1. The monoisotopic (exact) mass is 278 g/mol. The highest BCUT2D eigenvalue weighted by Gasteiger charge is 2.60. The van der Waals surface area contributed by atoms with Crippen LogP contribution in [0.2, 0.25) is 0 Å². The Morgan fingerprint density at radius 3 is 2.63 bits per heavy atom. The quantitative estimate of drug-likeness (QED) is 0.901. The lowest BCUT2D eigenvalue weighted by molar-refractivity contribution is -0.135. The van der Waals surface area contributed by atoms with Gasteiger partial charge in [0.05, 0.1) is 0 Å². The third-order valence-corrected chi connectivity index (χ3v) is 5.32. The first kappa shape index (κ1) is 13.1. The van der Waals surface area contributed by atoms with Crippen LogP contribution in [0.1, 0.15) is 52.3 Å². The summed E-state index contributed by atoms with van der Waals surface area (Å²) in [5, 5.41) is 7.81. The average molecular weight is 278 g/mol. The summed E-state index contributed by atoms with van der Waals surface area (Å²) in [5.41, 5.74) is 1.07. The predicted molar refractivity (Wildman–Crippen MR) is 77.9 cm³/mol. The van der Waals surface area contributed by atoms with Crippen LogP contribution in [0.15, 0.2) is 16.8 Å². The molecule has 4 heteroatoms. The van der Waals surface area contributed by atoms with Crippen LogP contribution in [0, 0.1) is 5.41 Å². The topological polar surface area (TPSA) is 32.3 Å². The molecule has 1 saturated heterocycles. The minimum atomic E-state index is -0.244. The second-order valence-electron chi connectivity index (χ2n) is 6.94. The number of carbonyl (C=O) groups is 1. The van der Waals surface area contributed by atoms with Gasteiger partial charge in [0.15, 0.2) is 0 Å². The Hall–Kier alpha value is -0.870. The Morgan fingerprint density at radius 1 is 1.47 bits per heavy atom. The van der Waals surface area contributed by atoms with Crippen molar-refractivity contribution < 1.29 is 4.79 Å². The molecule has 1 saturated carbocycles. The van der Waals surface area contributed by atoms with Gasteiger partial charge in [-0.05, 0) is 47.6 Å². The van der Waals surface area contributed by atoms with E-state index in [-0.39, 0.29) is 23.2 Å². The van der Waals surface area contributed by atoms with E-state index in [1.165, 1.54) is 5.56 Å². The van der Waals surface area contributed by atoms with E-state index in [1.807, 2.05) is 0 Å². The minimum absolute atomic E-state index is 0.0514. The molecule has 1 amide bonds. The summed E-state index contributed by atoms with van der Waals surface area (Å²) < 4.78 is 0. The third kappa shape index (κ3) is 2.01. The van der Waals surface area contributed by atoms with Gasteiger partial charge in [0.25, 0.3) is 0 Å². The zero-order valence-corrected chi connectivity index (χ0v) is 12.9. The molecule has 0 aromatic carbocycles. The molecule has 1 aromatic heterocycles. The van der Waals surface area contributed by atoms with Crippen molar-refractivity contribution in [2.24, 2.45) is 5.41 Å². The molecule has 2 fully saturated rings. The molecule has 1 aromatic rings. The molecular weight excluding hydrogens is 256 g/mol. The summed E-state index contributed by atoms with van der Waals surface area (Å²) in [7, 11) is 0. The van der Waals surface area contributed by atoms with Gasteiger partial charge in [-0.2, -0.15) is 11.3 Å². The summed E-state index contributed by atoms with van der Waals surface area (Å²) in [5.74, 6) is 0.297. The van der Waals surface area contributed by atoms with Crippen molar-refractivity contribution in [3.05, 3.63) is 22.4 Å². The molecule has 19 heavy (non-hydrogen) atoms. The summed E-state index contributed by atoms with van der Waals surface area (Å²) >= 11 is 1.69. The molecular formula is C15H22N2OS. The smallest absolute Gasteiger partial charge is 0.244 e. The van der Waals surface area contributed by atoms with Crippen LogP contribution in [0.5, 0.6) is 0 Å². The number of rotatable bonds is 2. The molecule has 0 bridgehead atoms. The Bertz CT molecular complexity index is 485. The first-order valence-electron chi connectivity index (χ1n) is 6.98. The highest BCUT2D eigenvalue weighted by Crippen LogP contribution is 2.48. The van der Waals surface area contributed by atoms with E-state index in [0.29, 0.717) is 5.91 Å². The zero-order valence-electron chi connectivity index (χ0n) is 12.1. The van der Waals surface area contributed by atoms with Gasteiger partial charge in [-0.15, -0.1) is 0 Å². The molecule has 2 unspecified atom stereocenters. The second-order valence-corrected chi connectivity index (χ2v) is 7.72. The van der Waals surface area contributed by atoms with E-state index < -0.39 is 0 Å². The van der Waals surface area contributed by atoms with Crippen LogP contribution in [-0.4, -0.2) is 22.4 Å². The fourth-order valence-electron chi connectivity index (χ4n) is 2.73. The Balaban J connectivity index is 1.96. The first-order chi connectivity index (χ1) is 8.85. The molecule has 1 N–H and O–H groups in total. The lowest BCUT2D eigenvalue weighted by Gasteiger charge is -2.38. The van der Waals surface area contributed by atoms with Gasteiger partial charge in [-0.1, -0.05) is 20.8 Å². The van der Waals surface area contributed by atoms with Crippen molar-refractivity contribution in [1.29, 1.82) is 0 Å². The molecule has 0 radical (unpaired) electrons. The third-order valence-electron chi connectivity index (χ3n) is 4.61. The fraction of sp³-hybridized carbons (Fsp3) is 0.667. The minimum Gasteiger partial charge on any atom is -0.318 e. The van der Waals surface area contributed by atoms with Crippen LogP contribution in [0.25, 0.3) is 0 Å². The summed E-state index contributed by atoms with van der Waals surface area (Å²) in [6.07, 6.45) is 2.02. The number of carbonyl (C=O) groups excluding carboxylic acids is 1. The first-order valence-corrected chi connectivity index (χ1v) is 7.92. The average Bonchev–Trinajstić information content (AvgIpc) is 2.81. The molecule has 1 aliphatic heterocycles. The summed E-state index contributed by atoms with van der Waals surface area (Å²) in [6.45, 7) is 8.77. The maximum atomic E-state index is 12.8. The molecule has 2 aliphatic rings. The van der Waals surface area contributed by atoms with Crippen molar-refractivity contribution >= 4 is 17.2 Å². The summed E-state index contributed by atoms with van der Waals surface area (Å²) in [4.78, 5) is 14.8. The van der Waals surface area contributed by atoms with Crippen LogP contribution in [0.3, 0.4) is 0 Å². The van der Waals surface area contributed by atoms with Gasteiger partial charge < -0.3 is 4.90 Å². The van der Waals surface area contributed by atoms with Crippen molar-refractivity contribution in [2.45, 2.75) is 58.3 Å². The van der Waals surface area contributed by atoms with Crippen LogP contribution in [0.4, 0.5) is 0 Å². The van der Waals surface area contributed by atoms with Gasteiger partial charge in [-0.25, -0.2) is 0 Å². The Labute approximate surface area is 119 Å². The SMILES string of the molecule is CC(N1C(=O)C2(CC2)NC1c1ccsc1)C(C)(C)C. The lowest BCUT2D eigenvalue weighted by atomic mass is 9.86. The highest BCUT2D eigenvalue weighted by atomic mass is 32.1. The molecule has 3 rings (SSSR count). The molecule has 3 nitrogen and oxygen atoms in total. The normalized spacial score (nSPS) is 27.1. The lowest BCUT2D eigenvalue weighted by Crippen LogP contribution is -2.45. The van der Waals surface area contributed by atoms with Crippen LogP contribution >= 0.6 is 11.3 Å². The second kappa shape index (κ2) is 4.06. The summed E-state index contributed by atoms with van der Waals surface area (Å²) in [6, 6.07) is 2.34. The zero-order chi connectivity index (χ0) is 13.8. The van der Waals surface area contributed by atoms with Gasteiger partial charge in [0.1, 0.15) is 11.7 Å². The van der Waals surface area contributed by atoms with E-state index in [9.17, 15) is 4.79 Å². The number of thiophene rings is 1. The van der Waals surface area contributed by atoms with Gasteiger partial charge in [0.2, 0.25) is 5.91 Å². The van der Waals surface area contributed by atoms with Crippen molar-refractivity contribution in [3.8, 4) is 0 Å². The van der Waals surface area contributed by atoms with E-state index in [2.05, 4.69) is 54.7 Å². The fourth-order valence-corrected chi connectivity index (χ4v) is 3.41. The molecule has 104 valence electrons. The molecule has 2 heterocycles. The van der Waals surface area contributed by atoms with Crippen molar-refractivity contribution in [2.75, 3.05) is 0 Å².